The van der Waals surface area contributed by atoms with Crippen LogP contribution >= 0.6 is 0 Å². The van der Waals surface area contributed by atoms with Crippen molar-refractivity contribution in [3.63, 3.8) is 0 Å². The first-order chi connectivity index (χ1) is 43.8. The topological polar surface area (TPSA) is 38.5 Å². The van der Waals surface area contributed by atoms with E-state index in [0.717, 1.165) is 101 Å². The van der Waals surface area contributed by atoms with E-state index >= 15 is 0 Å². The van der Waals surface area contributed by atoms with Crippen LogP contribution in [0.5, 0.6) is 11.5 Å². The minimum atomic E-state index is -0.610. The van der Waals surface area contributed by atoms with Gasteiger partial charge < -0.3 is 19.1 Å². The number of ether oxygens (including phenoxy) is 1. The largest absolute Gasteiger partial charge is 0.457 e. The lowest BCUT2D eigenvalue weighted by Crippen LogP contribution is -2.29. The Kier molecular flexibility index (Phi) is 12.0. The summed E-state index contributed by atoms with van der Waals surface area (Å²) in [4.78, 5) is 10.1. The maximum atomic E-state index is 7.10. The molecule has 0 saturated carbocycles. The van der Waals surface area contributed by atoms with Crippen molar-refractivity contribution < 1.29 is 4.74 Å². The molecule has 0 amide bonds. The lowest BCUT2D eigenvalue weighted by atomic mass is 9.66. The highest BCUT2D eigenvalue weighted by atomic mass is 16.5. The number of pyridine rings is 1. The molecule has 0 saturated heterocycles. The maximum Gasteiger partial charge on any atom is 0.137 e. The van der Waals surface area contributed by atoms with Crippen molar-refractivity contribution in [1.82, 2.24) is 14.1 Å². The van der Waals surface area contributed by atoms with Gasteiger partial charge in [-0.2, -0.15) is 0 Å². The van der Waals surface area contributed by atoms with Crippen LogP contribution in [0.2, 0.25) is 0 Å². The summed E-state index contributed by atoms with van der Waals surface area (Å²) in [5.41, 5.74) is 22.5. The molecule has 15 aromatic rings. The van der Waals surface area contributed by atoms with Gasteiger partial charge in [0, 0.05) is 56.7 Å². The Labute approximate surface area is 518 Å². The summed E-state index contributed by atoms with van der Waals surface area (Å²) in [5, 5.41) is 4.69. The number of fused-ring (bicyclic) bond motifs is 10. The van der Waals surface area contributed by atoms with E-state index in [1.807, 2.05) is 6.20 Å². The van der Waals surface area contributed by atoms with Crippen molar-refractivity contribution in [3.8, 4) is 56.4 Å². The van der Waals surface area contributed by atoms with Gasteiger partial charge in [0.25, 0.3) is 0 Å². The predicted molar refractivity (Wildman–Crippen MR) is 368 cm³/mol. The minimum absolute atomic E-state index is 0.0979. The Morgan fingerprint density at radius 3 is 1.56 bits per heavy atom. The van der Waals surface area contributed by atoms with E-state index in [1.165, 1.54) is 49.7 Å². The van der Waals surface area contributed by atoms with E-state index in [-0.39, 0.29) is 5.41 Å². The Morgan fingerprint density at radius 1 is 0.382 bits per heavy atom. The van der Waals surface area contributed by atoms with Gasteiger partial charge in [-0.25, -0.2) is 4.98 Å². The normalized spacial score (nSPS) is 13.3. The summed E-state index contributed by atoms with van der Waals surface area (Å²) in [6, 6.07) is 109. The zero-order valence-electron chi connectivity index (χ0n) is 49.7. The van der Waals surface area contributed by atoms with E-state index in [0.29, 0.717) is 6.67 Å². The standard InChI is InChI=1S/C83H61N5O/c1-82(2,3)58-47-48-84-79(51-58)88-78-53-62(45-46-67(78)68-37-24-44-77(81(68)88)87-73-40-19-15-35-65(73)66-36-16-20-41-74(66)87)89-61-32-23-31-60(52-61)85-54-86(76-43-22-21-42-75(76)85)80-69(55-25-7-4-8-26-55)49-59(50-70(80)56-27-9-5-10-28-56)83(57-29-11-6-12-30-57)71-38-17-13-33-63(71)64-34-14-18-39-72(64)83/h4-53H,54H2,1-3H3. The first-order valence-corrected chi connectivity index (χ1v) is 30.8. The van der Waals surface area contributed by atoms with Crippen molar-refractivity contribution in [3.05, 3.63) is 331 Å². The monoisotopic (exact) mass is 1140 g/mol. The number of nitrogens with zero attached hydrogens (tertiary/aromatic N) is 5. The predicted octanol–water partition coefficient (Wildman–Crippen LogP) is 21.3. The lowest BCUT2D eigenvalue weighted by molar-refractivity contribution is 0.483. The molecule has 1 aliphatic heterocycles. The van der Waals surface area contributed by atoms with E-state index in [1.54, 1.807) is 0 Å². The third-order valence-electron chi connectivity index (χ3n) is 18.7. The number of hydrogen-bond donors (Lipinski definition) is 0. The van der Waals surface area contributed by atoms with Crippen LogP contribution in [0, 0.1) is 0 Å². The SMILES string of the molecule is CC(C)(C)c1ccnc(-n2c3cc(Oc4cccc(N5CN(c6c(-c7ccccc7)cc(C7(c8ccccc8)c8ccccc8-c8ccccc87)cc6-c6ccccc6)c6ccccc65)c4)ccc3c3cccc(-n4c5ccccc5c5ccccc54)c32)c1. The summed E-state index contributed by atoms with van der Waals surface area (Å²) in [5.74, 6) is 2.32. The fourth-order valence-corrected chi connectivity index (χ4v) is 14.7. The molecule has 3 aromatic heterocycles. The number of rotatable bonds is 10. The Bertz CT molecular complexity index is 5110. The minimum Gasteiger partial charge on any atom is -0.457 e. The van der Waals surface area contributed by atoms with Crippen LogP contribution in [0.3, 0.4) is 0 Å². The lowest BCUT2D eigenvalue weighted by Gasteiger charge is -2.36. The molecule has 1 aliphatic carbocycles. The molecule has 4 heterocycles. The van der Waals surface area contributed by atoms with E-state index < -0.39 is 5.41 Å². The van der Waals surface area contributed by atoms with Gasteiger partial charge in [0.1, 0.15) is 24.0 Å². The molecule has 12 aromatic carbocycles. The Hall–Kier alpha value is -11.2. The van der Waals surface area contributed by atoms with Crippen molar-refractivity contribution >= 4 is 66.4 Å². The highest BCUT2D eigenvalue weighted by molar-refractivity contribution is 6.15. The fourth-order valence-electron chi connectivity index (χ4n) is 14.7. The molecule has 6 heteroatoms. The fraction of sp³-hybridized carbons (Fsp3) is 0.0723. The quantitative estimate of drug-likeness (QED) is 0.137. The zero-order valence-corrected chi connectivity index (χ0v) is 49.7. The van der Waals surface area contributed by atoms with Crippen LogP contribution < -0.4 is 14.5 Å². The molecule has 0 radical (unpaired) electrons. The van der Waals surface area contributed by atoms with Gasteiger partial charge in [-0.05, 0) is 134 Å². The highest BCUT2D eigenvalue weighted by Crippen LogP contribution is 2.59. The molecule has 424 valence electrons. The smallest absolute Gasteiger partial charge is 0.137 e. The van der Waals surface area contributed by atoms with Gasteiger partial charge in [-0.1, -0.05) is 227 Å². The number of hydrogen-bond acceptors (Lipinski definition) is 4. The molecule has 17 rings (SSSR count). The Balaban J connectivity index is 0.806. The molecule has 0 N–H and O–H groups in total. The molecule has 2 aliphatic rings. The van der Waals surface area contributed by atoms with Gasteiger partial charge in [-0.15, -0.1) is 0 Å². The van der Waals surface area contributed by atoms with Gasteiger partial charge >= 0.3 is 0 Å². The number of para-hydroxylation sites is 5. The van der Waals surface area contributed by atoms with Crippen molar-refractivity contribution in [1.29, 1.82) is 0 Å². The van der Waals surface area contributed by atoms with Gasteiger partial charge in [-0.3, -0.25) is 4.57 Å². The second kappa shape index (κ2) is 20.5. The highest BCUT2D eigenvalue weighted by Gasteiger charge is 2.47. The second-order valence-corrected chi connectivity index (χ2v) is 24.7. The average molecular weight is 1140 g/mol. The number of anilines is 4. The maximum absolute atomic E-state index is 7.10. The summed E-state index contributed by atoms with van der Waals surface area (Å²) < 4.78 is 11.9. The van der Waals surface area contributed by atoms with Crippen LogP contribution in [-0.4, -0.2) is 20.8 Å². The van der Waals surface area contributed by atoms with Crippen molar-refractivity contribution in [2.75, 3.05) is 16.5 Å². The molecule has 0 atom stereocenters. The first kappa shape index (κ1) is 52.1. The molecule has 0 unspecified atom stereocenters. The van der Waals surface area contributed by atoms with Gasteiger partial charge in [0.05, 0.1) is 50.2 Å². The zero-order chi connectivity index (χ0) is 59.4. The molecule has 0 fully saturated rings. The summed E-state index contributed by atoms with van der Waals surface area (Å²) in [6.07, 6.45) is 1.95. The van der Waals surface area contributed by atoms with Crippen molar-refractivity contribution in [2.24, 2.45) is 0 Å². The molecular weight excluding hydrogens is 1080 g/mol. The number of benzene rings is 12. The van der Waals surface area contributed by atoms with E-state index in [9.17, 15) is 0 Å². The van der Waals surface area contributed by atoms with Crippen LogP contribution in [0.25, 0.3) is 88.5 Å². The molecule has 6 nitrogen and oxygen atoms in total. The van der Waals surface area contributed by atoms with Crippen LogP contribution in [0.4, 0.5) is 22.7 Å². The van der Waals surface area contributed by atoms with Gasteiger partial charge in [0.15, 0.2) is 0 Å². The second-order valence-electron chi connectivity index (χ2n) is 24.7. The van der Waals surface area contributed by atoms with Crippen LogP contribution in [0.15, 0.2) is 303 Å². The summed E-state index contributed by atoms with van der Waals surface area (Å²) >= 11 is 0. The third kappa shape index (κ3) is 8.21. The summed E-state index contributed by atoms with van der Waals surface area (Å²) in [6.45, 7) is 7.34. The molecule has 0 spiro atoms. The van der Waals surface area contributed by atoms with Crippen LogP contribution in [-0.2, 0) is 10.8 Å². The third-order valence-corrected chi connectivity index (χ3v) is 18.7. The van der Waals surface area contributed by atoms with Crippen LogP contribution in [0.1, 0.15) is 48.6 Å². The molecule has 0 bridgehead atoms. The van der Waals surface area contributed by atoms with E-state index in [4.69, 9.17) is 9.72 Å². The Morgan fingerprint density at radius 2 is 0.910 bits per heavy atom. The van der Waals surface area contributed by atoms with Gasteiger partial charge in [0.2, 0.25) is 0 Å². The summed E-state index contributed by atoms with van der Waals surface area (Å²) in [7, 11) is 0. The van der Waals surface area contributed by atoms with Crippen molar-refractivity contribution in [2.45, 2.75) is 31.6 Å². The number of aromatic nitrogens is 3. The average Bonchev–Trinajstić information content (AvgIpc) is 1.59. The molecule has 89 heavy (non-hydrogen) atoms. The van der Waals surface area contributed by atoms with E-state index in [2.05, 4.69) is 337 Å². The first-order valence-electron chi connectivity index (χ1n) is 30.8. The molecular formula is C83H61N5O.